The number of likely N-dealkylation sites (tertiary alicyclic amines) is 1. The van der Waals surface area contributed by atoms with Gasteiger partial charge in [0.25, 0.3) is 5.91 Å². The van der Waals surface area contributed by atoms with E-state index in [0.29, 0.717) is 22.9 Å². The SMILES string of the molecule is Cc1csc(C(=O)N2CCCC(=O)C2)c1Cl. The van der Waals surface area contributed by atoms with Crippen LogP contribution in [-0.4, -0.2) is 29.7 Å². The Balaban J connectivity index is 2.18. The molecule has 1 saturated heterocycles. The second kappa shape index (κ2) is 4.55. The van der Waals surface area contributed by atoms with Gasteiger partial charge in [0.05, 0.1) is 11.6 Å². The van der Waals surface area contributed by atoms with E-state index in [0.717, 1.165) is 12.0 Å². The van der Waals surface area contributed by atoms with E-state index in [1.54, 1.807) is 4.90 Å². The topological polar surface area (TPSA) is 37.4 Å². The van der Waals surface area contributed by atoms with Crippen molar-refractivity contribution in [2.24, 2.45) is 0 Å². The van der Waals surface area contributed by atoms with Gasteiger partial charge in [-0.3, -0.25) is 9.59 Å². The molecule has 0 bridgehead atoms. The molecule has 0 saturated carbocycles. The summed E-state index contributed by atoms with van der Waals surface area (Å²) < 4.78 is 0. The minimum absolute atomic E-state index is 0.115. The number of ketones is 1. The second-order valence-corrected chi connectivity index (χ2v) is 5.19. The van der Waals surface area contributed by atoms with Crippen LogP contribution in [0.15, 0.2) is 5.38 Å². The maximum atomic E-state index is 12.1. The Kier molecular flexibility index (Phi) is 3.30. The highest BCUT2D eigenvalue weighted by atomic mass is 35.5. The average molecular weight is 258 g/mol. The smallest absolute Gasteiger partial charge is 0.265 e. The fraction of sp³-hybridized carbons (Fsp3) is 0.455. The van der Waals surface area contributed by atoms with Gasteiger partial charge in [-0.05, 0) is 24.3 Å². The van der Waals surface area contributed by atoms with Crippen LogP contribution in [0, 0.1) is 6.92 Å². The van der Waals surface area contributed by atoms with Crippen molar-refractivity contribution >= 4 is 34.6 Å². The number of rotatable bonds is 1. The normalized spacial score (nSPS) is 16.6. The van der Waals surface area contributed by atoms with E-state index in [4.69, 9.17) is 11.6 Å². The minimum atomic E-state index is -0.115. The van der Waals surface area contributed by atoms with Crippen molar-refractivity contribution in [1.82, 2.24) is 4.90 Å². The number of carbonyl (C=O) groups is 2. The van der Waals surface area contributed by atoms with Crippen LogP contribution in [0.4, 0.5) is 0 Å². The molecule has 1 fully saturated rings. The summed E-state index contributed by atoms with van der Waals surface area (Å²) in [6.07, 6.45) is 1.34. The fourth-order valence-electron chi connectivity index (χ4n) is 1.73. The van der Waals surface area contributed by atoms with E-state index < -0.39 is 0 Å². The largest absolute Gasteiger partial charge is 0.331 e. The average Bonchev–Trinajstić information content (AvgIpc) is 2.59. The highest BCUT2D eigenvalue weighted by Crippen LogP contribution is 2.28. The molecule has 2 rings (SSSR count). The summed E-state index contributed by atoms with van der Waals surface area (Å²) >= 11 is 7.38. The number of aryl methyl sites for hydroxylation is 1. The third-order valence-electron chi connectivity index (χ3n) is 2.63. The number of hydrogen-bond donors (Lipinski definition) is 0. The molecule has 0 atom stereocenters. The quantitative estimate of drug-likeness (QED) is 0.775. The fourth-order valence-corrected chi connectivity index (χ4v) is 2.97. The Bertz CT molecular complexity index is 441. The first-order valence-corrected chi connectivity index (χ1v) is 6.40. The molecule has 1 aromatic heterocycles. The number of carbonyl (C=O) groups excluding carboxylic acids is 2. The van der Waals surface area contributed by atoms with Gasteiger partial charge in [0.15, 0.2) is 5.78 Å². The van der Waals surface area contributed by atoms with Gasteiger partial charge in [-0.15, -0.1) is 11.3 Å². The Morgan fingerprint density at radius 3 is 2.88 bits per heavy atom. The second-order valence-electron chi connectivity index (χ2n) is 3.93. The molecule has 0 N–H and O–H groups in total. The number of amides is 1. The summed E-state index contributed by atoms with van der Waals surface area (Å²) in [5.41, 5.74) is 0.915. The first-order valence-electron chi connectivity index (χ1n) is 5.14. The summed E-state index contributed by atoms with van der Waals surface area (Å²) in [6, 6.07) is 0. The molecule has 0 radical (unpaired) electrons. The van der Waals surface area contributed by atoms with Gasteiger partial charge in [-0.1, -0.05) is 11.6 Å². The lowest BCUT2D eigenvalue weighted by molar-refractivity contribution is -0.121. The molecule has 1 aliphatic heterocycles. The van der Waals surface area contributed by atoms with E-state index in [-0.39, 0.29) is 18.2 Å². The van der Waals surface area contributed by atoms with Crippen molar-refractivity contribution in [3.05, 3.63) is 20.8 Å². The van der Waals surface area contributed by atoms with Crippen LogP contribution in [0.25, 0.3) is 0 Å². The van der Waals surface area contributed by atoms with Crippen molar-refractivity contribution < 1.29 is 9.59 Å². The Morgan fingerprint density at radius 2 is 2.31 bits per heavy atom. The number of thiophene rings is 1. The standard InChI is InChI=1S/C11H12ClNO2S/c1-7-6-16-10(9(7)12)11(15)13-4-2-3-8(14)5-13/h6H,2-5H2,1H3. The molecule has 1 aromatic rings. The van der Waals surface area contributed by atoms with Crippen molar-refractivity contribution in [3.8, 4) is 0 Å². The van der Waals surface area contributed by atoms with Gasteiger partial charge in [0, 0.05) is 13.0 Å². The molecule has 3 nitrogen and oxygen atoms in total. The number of piperidine rings is 1. The molecule has 2 heterocycles. The minimum Gasteiger partial charge on any atom is -0.331 e. The summed E-state index contributed by atoms with van der Waals surface area (Å²) in [7, 11) is 0. The zero-order valence-corrected chi connectivity index (χ0v) is 10.5. The van der Waals surface area contributed by atoms with Crippen LogP contribution >= 0.6 is 22.9 Å². The highest BCUT2D eigenvalue weighted by Gasteiger charge is 2.25. The van der Waals surface area contributed by atoms with Crippen molar-refractivity contribution in [1.29, 1.82) is 0 Å². The molecule has 1 aliphatic rings. The number of halogens is 1. The van der Waals surface area contributed by atoms with E-state index in [1.807, 2.05) is 12.3 Å². The van der Waals surface area contributed by atoms with Gasteiger partial charge < -0.3 is 4.90 Å². The Labute approximate surface area is 103 Å². The predicted molar refractivity (Wildman–Crippen MR) is 64.2 cm³/mol. The van der Waals surface area contributed by atoms with Gasteiger partial charge in [0.1, 0.15) is 4.88 Å². The molecule has 5 heteroatoms. The van der Waals surface area contributed by atoms with Gasteiger partial charge >= 0.3 is 0 Å². The van der Waals surface area contributed by atoms with Crippen LogP contribution in [0.5, 0.6) is 0 Å². The lowest BCUT2D eigenvalue weighted by atomic mass is 10.1. The van der Waals surface area contributed by atoms with Crippen LogP contribution in [-0.2, 0) is 4.79 Å². The molecule has 1 amide bonds. The summed E-state index contributed by atoms with van der Waals surface area (Å²) in [5.74, 6) is 0.0140. The van der Waals surface area contributed by atoms with Crippen LogP contribution in [0.1, 0.15) is 28.1 Å². The molecule has 0 aromatic carbocycles. The van der Waals surface area contributed by atoms with Crippen LogP contribution < -0.4 is 0 Å². The first-order chi connectivity index (χ1) is 7.59. The van der Waals surface area contributed by atoms with Crippen LogP contribution in [0.2, 0.25) is 5.02 Å². The zero-order valence-electron chi connectivity index (χ0n) is 8.96. The van der Waals surface area contributed by atoms with E-state index in [1.165, 1.54) is 11.3 Å². The molecule has 0 aliphatic carbocycles. The maximum absolute atomic E-state index is 12.1. The number of hydrogen-bond acceptors (Lipinski definition) is 3. The van der Waals surface area contributed by atoms with E-state index >= 15 is 0 Å². The number of Topliss-reactive ketones (excluding diaryl/α,β-unsaturated/α-hetero) is 1. The van der Waals surface area contributed by atoms with Gasteiger partial charge in [-0.25, -0.2) is 0 Å². The van der Waals surface area contributed by atoms with Gasteiger partial charge in [0.2, 0.25) is 0 Å². The molecular weight excluding hydrogens is 246 g/mol. The van der Waals surface area contributed by atoms with E-state index in [2.05, 4.69) is 0 Å². The molecule has 0 unspecified atom stereocenters. The lowest BCUT2D eigenvalue weighted by Crippen LogP contribution is -2.39. The highest BCUT2D eigenvalue weighted by molar-refractivity contribution is 7.13. The summed E-state index contributed by atoms with van der Waals surface area (Å²) in [6.45, 7) is 2.75. The third kappa shape index (κ3) is 2.13. The van der Waals surface area contributed by atoms with Crippen molar-refractivity contribution in [2.75, 3.05) is 13.1 Å². The summed E-state index contributed by atoms with van der Waals surface area (Å²) in [4.78, 5) is 25.5. The molecule has 16 heavy (non-hydrogen) atoms. The van der Waals surface area contributed by atoms with E-state index in [9.17, 15) is 9.59 Å². The lowest BCUT2D eigenvalue weighted by Gasteiger charge is -2.25. The zero-order chi connectivity index (χ0) is 11.7. The molecule has 86 valence electrons. The number of nitrogens with zero attached hydrogens (tertiary/aromatic N) is 1. The Hall–Kier alpha value is -0.870. The van der Waals surface area contributed by atoms with Crippen molar-refractivity contribution in [2.45, 2.75) is 19.8 Å². The molecule has 0 spiro atoms. The summed E-state index contributed by atoms with van der Waals surface area (Å²) in [5, 5.41) is 2.38. The monoisotopic (exact) mass is 257 g/mol. The third-order valence-corrected chi connectivity index (χ3v) is 4.32. The maximum Gasteiger partial charge on any atom is 0.265 e. The Morgan fingerprint density at radius 1 is 1.56 bits per heavy atom. The molecular formula is C11H12ClNO2S. The predicted octanol–water partition coefficient (Wildman–Crippen LogP) is 2.52. The van der Waals surface area contributed by atoms with Crippen molar-refractivity contribution in [3.63, 3.8) is 0 Å². The van der Waals surface area contributed by atoms with Gasteiger partial charge in [-0.2, -0.15) is 0 Å². The van der Waals surface area contributed by atoms with Crippen LogP contribution in [0.3, 0.4) is 0 Å². The first kappa shape index (κ1) is 11.6.